The zero-order valence-corrected chi connectivity index (χ0v) is 13.2. The number of nitrogens with zero attached hydrogens (tertiary/aromatic N) is 2. The second-order valence-corrected chi connectivity index (χ2v) is 7.08. The summed E-state index contributed by atoms with van der Waals surface area (Å²) in [4.78, 5) is 9.68. The van der Waals surface area contributed by atoms with Crippen LogP contribution in [-0.2, 0) is 12.8 Å². The van der Waals surface area contributed by atoms with Crippen molar-refractivity contribution in [3.05, 3.63) is 22.8 Å². The molecule has 2 aliphatic rings. The van der Waals surface area contributed by atoms with Crippen molar-refractivity contribution in [2.24, 2.45) is 11.8 Å². The molecule has 110 valence electrons. The van der Waals surface area contributed by atoms with Crippen molar-refractivity contribution < 1.29 is 0 Å². The lowest BCUT2D eigenvalue weighted by atomic mass is 9.85. The maximum atomic E-state index is 4.88. The van der Waals surface area contributed by atoms with Crippen LogP contribution >= 0.6 is 0 Å². The minimum absolute atomic E-state index is 0.576. The van der Waals surface area contributed by atoms with Crippen LogP contribution in [0.4, 0.5) is 0 Å². The number of aromatic nitrogens is 2. The molecule has 20 heavy (non-hydrogen) atoms. The van der Waals surface area contributed by atoms with E-state index >= 15 is 0 Å². The van der Waals surface area contributed by atoms with E-state index < -0.39 is 0 Å². The van der Waals surface area contributed by atoms with Crippen molar-refractivity contribution in [2.75, 3.05) is 6.54 Å². The number of hydrogen-bond acceptors (Lipinski definition) is 3. The Morgan fingerprint density at radius 3 is 2.70 bits per heavy atom. The Bertz CT molecular complexity index is 495. The smallest absolute Gasteiger partial charge is 0.132 e. The highest BCUT2D eigenvalue weighted by molar-refractivity contribution is 5.30. The zero-order chi connectivity index (χ0) is 14.3. The molecule has 3 atom stereocenters. The summed E-state index contributed by atoms with van der Waals surface area (Å²) in [6, 6.07) is 0.576. The first kappa shape index (κ1) is 14.0. The van der Waals surface area contributed by atoms with Crippen LogP contribution in [0.5, 0.6) is 0 Å². The summed E-state index contributed by atoms with van der Waals surface area (Å²) < 4.78 is 0. The van der Waals surface area contributed by atoms with E-state index in [4.69, 9.17) is 9.97 Å². The van der Waals surface area contributed by atoms with Gasteiger partial charge in [0.2, 0.25) is 0 Å². The molecule has 3 heteroatoms. The highest BCUT2D eigenvalue weighted by Crippen LogP contribution is 2.45. The molecule has 1 aromatic rings. The van der Waals surface area contributed by atoms with Gasteiger partial charge in [0.15, 0.2) is 0 Å². The second-order valence-electron chi connectivity index (χ2n) is 7.08. The van der Waals surface area contributed by atoms with E-state index in [1.54, 1.807) is 0 Å². The predicted molar refractivity (Wildman–Crippen MR) is 81.9 cm³/mol. The lowest BCUT2D eigenvalue weighted by molar-refractivity contribution is 0.400. The van der Waals surface area contributed by atoms with Gasteiger partial charge in [-0.2, -0.15) is 0 Å². The SMILES string of the molecule is Cc1nc(C2CC2C)nc2c1CC(CNC(C)C)CC2. The quantitative estimate of drug-likeness (QED) is 0.916. The molecule has 3 rings (SSSR count). The Kier molecular flexibility index (Phi) is 3.80. The molecule has 2 aliphatic carbocycles. The molecule has 1 aromatic heterocycles. The van der Waals surface area contributed by atoms with E-state index in [1.807, 2.05) is 0 Å². The summed E-state index contributed by atoms with van der Waals surface area (Å²) in [5.74, 6) is 3.30. The predicted octanol–water partition coefficient (Wildman–Crippen LogP) is 3.01. The standard InChI is InChI=1S/C17H27N3/c1-10(2)18-9-13-5-6-16-15(8-13)12(4)19-17(20-16)14-7-11(14)3/h10-11,13-14,18H,5-9H2,1-4H3. The molecule has 0 amide bonds. The van der Waals surface area contributed by atoms with Crippen molar-refractivity contribution in [3.8, 4) is 0 Å². The van der Waals surface area contributed by atoms with Gasteiger partial charge in [-0.25, -0.2) is 9.97 Å². The Hall–Kier alpha value is -0.960. The van der Waals surface area contributed by atoms with Crippen molar-refractivity contribution in [1.82, 2.24) is 15.3 Å². The van der Waals surface area contributed by atoms with E-state index in [-0.39, 0.29) is 0 Å². The fourth-order valence-corrected chi connectivity index (χ4v) is 3.31. The average Bonchev–Trinajstić information content (AvgIpc) is 3.13. The molecule has 0 aromatic carbocycles. The third-order valence-electron chi connectivity index (χ3n) is 4.85. The van der Waals surface area contributed by atoms with Gasteiger partial charge in [0.1, 0.15) is 5.82 Å². The van der Waals surface area contributed by atoms with Gasteiger partial charge in [0.25, 0.3) is 0 Å². The molecule has 3 nitrogen and oxygen atoms in total. The molecule has 1 N–H and O–H groups in total. The monoisotopic (exact) mass is 273 g/mol. The van der Waals surface area contributed by atoms with Crippen LogP contribution in [0.1, 0.15) is 62.3 Å². The van der Waals surface area contributed by atoms with Crippen molar-refractivity contribution in [2.45, 2.75) is 65.3 Å². The van der Waals surface area contributed by atoms with Crippen LogP contribution in [0.25, 0.3) is 0 Å². The fourth-order valence-electron chi connectivity index (χ4n) is 3.31. The minimum atomic E-state index is 0.576. The first-order valence-corrected chi connectivity index (χ1v) is 8.14. The fraction of sp³-hybridized carbons (Fsp3) is 0.765. The van der Waals surface area contributed by atoms with Crippen LogP contribution in [0.3, 0.4) is 0 Å². The number of rotatable bonds is 4. The van der Waals surface area contributed by atoms with Crippen molar-refractivity contribution in [3.63, 3.8) is 0 Å². The highest BCUT2D eigenvalue weighted by Gasteiger charge is 2.37. The minimum Gasteiger partial charge on any atom is -0.314 e. The third kappa shape index (κ3) is 2.88. The average molecular weight is 273 g/mol. The van der Waals surface area contributed by atoms with Gasteiger partial charge in [-0.15, -0.1) is 0 Å². The summed E-state index contributed by atoms with van der Waals surface area (Å²) in [5, 5.41) is 3.57. The molecule has 0 aliphatic heterocycles. The number of hydrogen-bond donors (Lipinski definition) is 1. The van der Waals surface area contributed by atoms with Crippen LogP contribution in [0.2, 0.25) is 0 Å². The van der Waals surface area contributed by atoms with Crippen LogP contribution < -0.4 is 5.32 Å². The van der Waals surface area contributed by atoms with E-state index in [9.17, 15) is 0 Å². The molecule has 0 radical (unpaired) electrons. The third-order valence-corrected chi connectivity index (χ3v) is 4.85. The molecule has 0 saturated heterocycles. The largest absolute Gasteiger partial charge is 0.314 e. The van der Waals surface area contributed by atoms with Crippen LogP contribution in [-0.4, -0.2) is 22.6 Å². The Balaban J connectivity index is 1.73. The van der Waals surface area contributed by atoms with E-state index in [2.05, 4.69) is 33.0 Å². The zero-order valence-electron chi connectivity index (χ0n) is 13.2. The highest BCUT2D eigenvalue weighted by atomic mass is 14.9. The molecule has 0 bridgehead atoms. The van der Waals surface area contributed by atoms with Gasteiger partial charge in [-0.1, -0.05) is 20.8 Å². The topological polar surface area (TPSA) is 37.8 Å². The molecule has 1 heterocycles. The van der Waals surface area contributed by atoms with Gasteiger partial charge >= 0.3 is 0 Å². The number of nitrogens with one attached hydrogen (secondary N) is 1. The Morgan fingerprint density at radius 2 is 2.05 bits per heavy atom. The van der Waals surface area contributed by atoms with Crippen LogP contribution in [0, 0.1) is 18.8 Å². The Morgan fingerprint density at radius 1 is 1.30 bits per heavy atom. The summed E-state index contributed by atoms with van der Waals surface area (Å²) in [7, 11) is 0. The van der Waals surface area contributed by atoms with Gasteiger partial charge in [0, 0.05) is 23.3 Å². The Labute approximate surface area is 122 Å². The van der Waals surface area contributed by atoms with Crippen molar-refractivity contribution in [1.29, 1.82) is 0 Å². The van der Waals surface area contributed by atoms with Crippen molar-refractivity contribution >= 4 is 0 Å². The number of fused-ring (bicyclic) bond motifs is 1. The van der Waals surface area contributed by atoms with E-state index in [0.29, 0.717) is 12.0 Å². The van der Waals surface area contributed by atoms with Gasteiger partial charge < -0.3 is 5.32 Å². The van der Waals surface area contributed by atoms with Gasteiger partial charge in [-0.3, -0.25) is 0 Å². The first-order valence-electron chi connectivity index (χ1n) is 8.14. The normalized spacial score (nSPS) is 28.6. The van der Waals surface area contributed by atoms with Crippen LogP contribution in [0.15, 0.2) is 0 Å². The summed E-state index contributed by atoms with van der Waals surface area (Å²) in [6.45, 7) is 10.0. The van der Waals surface area contributed by atoms with Gasteiger partial charge in [-0.05, 0) is 56.6 Å². The summed E-state index contributed by atoms with van der Waals surface area (Å²) >= 11 is 0. The molecule has 1 fully saturated rings. The number of aryl methyl sites for hydroxylation is 2. The first-order chi connectivity index (χ1) is 9.54. The maximum absolute atomic E-state index is 4.88. The molecular weight excluding hydrogens is 246 g/mol. The second kappa shape index (κ2) is 5.44. The lowest BCUT2D eigenvalue weighted by Crippen LogP contribution is -2.32. The van der Waals surface area contributed by atoms with E-state index in [0.717, 1.165) is 37.0 Å². The van der Waals surface area contributed by atoms with Gasteiger partial charge in [0.05, 0.1) is 0 Å². The molecule has 0 spiro atoms. The lowest BCUT2D eigenvalue weighted by Gasteiger charge is -2.26. The maximum Gasteiger partial charge on any atom is 0.132 e. The summed E-state index contributed by atoms with van der Waals surface area (Å²) in [6.07, 6.45) is 4.83. The summed E-state index contributed by atoms with van der Waals surface area (Å²) in [5.41, 5.74) is 4.01. The molecular formula is C17H27N3. The van der Waals surface area contributed by atoms with E-state index in [1.165, 1.54) is 29.8 Å². The molecule has 1 saturated carbocycles. The molecule has 3 unspecified atom stereocenters.